The Kier molecular flexibility index (Phi) is 7.89. The summed E-state index contributed by atoms with van der Waals surface area (Å²) in [5.74, 6) is 1.79. The van der Waals surface area contributed by atoms with Crippen LogP contribution in [0.15, 0.2) is 10.4 Å². The molecule has 0 radical (unpaired) electrons. The molecule has 0 saturated carbocycles. The summed E-state index contributed by atoms with van der Waals surface area (Å²) in [6, 6.07) is 0. The average Bonchev–Trinajstić information content (AvgIpc) is 3.25. The second-order valence-corrected chi connectivity index (χ2v) is 9.08. The standard InChI is InChI=1S/C20H37N5S/c1-7-21-19(22-12-18-23-17(15-26-18)20(4,5)6)25-11-10-16(14-25)13-24(8-2)9-3/h15-16H,7-14H2,1-6H3,(H,21,22). The zero-order chi connectivity index (χ0) is 19.2. The Balaban J connectivity index is 1.97. The molecule has 0 amide bonds. The number of guanidine groups is 1. The highest BCUT2D eigenvalue weighted by molar-refractivity contribution is 7.09. The van der Waals surface area contributed by atoms with Crippen molar-refractivity contribution in [3.05, 3.63) is 16.1 Å². The molecule has 1 atom stereocenters. The van der Waals surface area contributed by atoms with Gasteiger partial charge in [0.2, 0.25) is 0 Å². The molecule has 0 bridgehead atoms. The van der Waals surface area contributed by atoms with Gasteiger partial charge in [0.25, 0.3) is 0 Å². The predicted molar refractivity (Wildman–Crippen MR) is 113 cm³/mol. The van der Waals surface area contributed by atoms with Crippen LogP contribution in [0.3, 0.4) is 0 Å². The molecule has 2 heterocycles. The number of aromatic nitrogens is 1. The molecule has 2 rings (SSSR count). The Morgan fingerprint density at radius 1 is 1.35 bits per heavy atom. The van der Waals surface area contributed by atoms with Crippen LogP contribution in [0.1, 0.15) is 58.7 Å². The van der Waals surface area contributed by atoms with Crippen molar-refractivity contribution in [2.24, 2.45) is 10.9 Å². The molecule has 1 aromatic heterocycles. The maximum atomic E-state index is 4.88. The van der Waals surface area contributed by atoms with E-state index in [-0.39, 0.29) is 5.41 Å². The molecule has 26 heavy (non-hydrogen) atoms. The molecular weight excluding hydrogens is 342 g/mol. The monoisotopic (exact) mass is 379 g/mol. The first-order valence-corrected chi connectivity index (χ1v) is 11.0. The Bertz CT molecular complexity index is 571. The minimum atomic E-state index is 0.107. The first-order chi connectivity index (χ1) is 12.4. The molecule has 0 spiro atoms. The molecule has 0 aliphatic carbocycles. The minimum Gasteiger partial charge on any atom is -0.357 e. The predicted octanol–water partition coefficient (Wildman–Crippen LogP) is 3.57. The van der Waals surface area contributed by atoms with Crippen LogP contribution in [0.25, 0.3) is 0 Å². The van der Waals surface area contributed by atoms with Gasteiger partial charge < -0.3 is 15.1 Å². The van der Waals surface area contributed by atoms with Crippen LogP contribution in [0.4, 0.5) is 0 Å². The molecule has 148 valence electrons. The zero-order valence-corrected chi connectivity index (χ0v) is 18.3. The summed E-state index contributed by atoms with van der Waals surface area (Å²) in [5, 5.41) is 6.75. The van der Waals surface area contributed by atoms with E-state index in [1.807, 2.05) is 0 Å². The van der Waals surface area contributed by atoms with Crippen LogP contribution in [0.5, 0.6) is 0 Å². The van der Waals surface area contributed by atoms with Gasteiger partial charge in [-0.3, -0.25) is 0 Å². The smallest absolute Gasteiger partial charge is 0.194 e. The van der Waals surface area contributed by atoms with Gasteiger partial charge in [0, 0.05) is 37.0 Å². The van der Waals surface area contributed by atoms with Gasteiger partial charge in [-0.1, -0.05) is 34.6 Å². The lowest BCUT2D eigenvalue weighted by molar-refractivity contribution is 0.255. The van der Waals surface area contributed by atoms with Crippen LogP contribution >= 0.6 is 11.3 Å². The van der Waals surface area contributed by atoms with Gasteiger partial charge in [0.1, 0.15) is 5.01 Å². The molecule has 1 aliphatic heterocycles. The number of thiazole rings is 1. The van der Waals surface area contributed by atoms with Crippen molar-refractivity contribution < 1.29 is 0 Å². The second kappa shape index (κ2) is 9.70. The van der Waals surface area contributed by atoms with Crippen molar-refractivity contribution >= 4 is 17.3 Å². The third-order valence-corrected chi connectivity index (χ3v) is 5.85. The lowest BCUT2D eigenvalue weighted by Crippen LogP contribution is -2.40. The van der Waals surface area contributed by atoms with E-state index in [9.17, 15) is 0 Å². The number of hydrogen-bond acceptors (Lipinski definition) is 4. The normalized spacial score (nSPS) is 18.8. The first kappa shape index (κ1) is 21.2. The fraction of sp³-hybridized carbons (Fsp3) is 0.800. The van der Waals surface area contributed by atoms with Gasteiger partial charge in [-0.2, -0.15) is 0 Å². The lowest BCUT2D eigenvalue weighted by Gasteiger charge is -2.24. The number of hydrogen-bond donors (Lipinski definition) is 1. The number of nitrogens with one attached hydrogen (secondary N) is 1. The minimum absolute atomic E-state index is 0.107. The summed E-state index contributed by atoms with van der Waals surface area (Å²) in [6.07, 6.45) is 1.26. The van der Waals surface area contributed by atoms with E-state index >= 15 is 0 Å². The molecule has 6 heteroatoms. The molecule has 0 aromatic carbocycles. The van der Waals surface area contributed by atoms with E-state index in [0.29, 0.717) is 6.54 Å². The van der Waals surface area contributed by atoms with Gasteiger partial charge >= 0.3 is 0 Å². The maximum absolute atomic E-state index is 4.88. The summed E-state index contributed by atoms with van der Waals surface area (Å²) in [4.78, 5) is 14.6. The number of likely N-dealkylation sites (tertiary alicyclic amines) is 1. The summed E-state index contributed by atoms with van der Waals surface area (Å²) >= 11 is 1.72. The Labute approximate surface area is 163 Å². The molecule has 1 N–H and O–H groups in total. The largest absolute Gasteiger partial charge is 0.357 e. The van der Waals surface area contributed by atoms with Crippen LogP contribution in [-0.2, 0) is 12.0 Å². The van der Waals surface area contributed by atoms with E-state index in [1.54, 1.807) is 11.3 Å². The van der Waals surface area contributed by atoms with Crippen molar-refractivity contribution in [2.45, 2.75) is 59.9 Å². The van der Waals surface area contributed by atoms with Crippen LogP contribution in [-0.4, -0.2) is 60.0 Å². The fourth-order valence-electron chi connectivity index (χ4n) is 3.32. The zero-order valence-electron chi connectivity index (χ0n) is 17.5. The highest BCUT2D eigenvalue weighted by Crippen LogP contribution is 2.24. The Morgan fingerprint density at radius 2 is 2.08 bits per heavy atom. The Morgan fingerprint density at radius 3 is 2.65 bits per heavy atom. The summed E-state index contributed by atoms with van der Waals surface area (Å²) in [7, 11) is 0. The molecule has 1 unspecified atom stereocenters. The third-order valence-electron chi connectivity index (χ3n) is 5.02. The van der Waals surface area contributed by atoms with Crippen molar-refractivity contribution in [3.63, 3.8) is 0 Å². The number of aliphatic imine (C=N–C) groups is 1. The molecule has 1 aromatic rings. The maximum Gasteiger partial charge on any atom is 0.194 e. The summed E-state index contributed by atoms with van der Waals surface area (Å²) in [5.41, 5.74) is 1.27. The SMILES string of the molecule is CCNC(=NCc1nc(C(C)(C)C)cs1)N1CCC(CN(CC)CC)C1. The quantitative estimate of drug-likeness (QED) is 0.581. The van der Waals surface area contributed by atoms with Crippen molar-refractivity contribution in [1.82, 2.24) is 20.1 Å². The summed E-state index contributed by atoms with van der Waals surface area (Å²) in [6.45, 7) is 20.5. The molecular formula is C20H37N5S. The van der Waals surface area contributed by atoms with E-state index < -0.39 is 0 Å². The average molecular weight is 380 g/mol. The van der Waals surface area contributed by atoms with Gasteiger partial charge in [-0.15, -0.1) is 11.3 Å². The van der Waals surface area contributed by atoms with E-state index in [1.165, 1.54) is 13.0 Å². The van der Waals surface area contributed by atoms with Crippen LogP contribution in [0, 0.1) is 5.92 Å². The van der Waals surface area contributed by atoms with Gasteiger partial charge in [-0.05, 0) is 32.4 Å². The second-order valence-electron chi connectivity index (χ2n) is 8.13. The molecule has 1 aliphatic rings. The van der Waals surface area contributed by atoms with Crippen LogP contribution in [0.2, 0.25) is 0 Å². The van der Waals surface area contributed by atoms with Crippen LogP contribution < -0.4 is 5.32 Å². The van der Waals surface area contributed by atoms with Crippen molar-refractivity contribution in [3.8, 4) is 0 Å². The van der Waals surface area contributed by atoms with Gasteiger partial charge in [0.15, 0.2) is 5.96 Å². The van der Waals surface area contributed by atoms with Crippen molar-refractivity contribution in [1.29, 1.82) is 0 Å². The van der Waals surface area contributed by atoms with E-state index in [2.05, 4.69) is 62.0 Å². The van der Waals surface area contributed by atoms with Crippen molar-refractivity contribution in [2.75, 3.05) is 39.3 Å². The Hall–Kier alpha value is -1.14. The number of nitrogens with zero attached hydrogens (tertiary/aromatic N) is 4. The van der Waals surface area contributed by atoms with E-state index in [4.69, 9.17) is 9.98 Å². The number of rotatable bonds is 7. The van der Waals surface area contributed by atoms with E-state index in [0.717, 1.165) is 55.3 Å². The third kappa shape index (κ3) is 5.95. The highest BCUT2D eigenvalue weighted by atomic mass is 32.1. The molecule has 1 saturated heterocycles. The molecule has 5 nitrogen and oxygen atoms in total. The highest BCUT2D eigenvalue weighted by Gasteiger charge is 2.26. The molecule has 1 fully saturated rings. The topological polar surface area (TPSA) is 43.8 Å². The van der Waals surface area contributed by atoms with Gasteiger partial charge in [0.05, 0.1) is 12.2 Å². The summed E-state index contributed by atoms with van der Waals surface area (Å²) < 4.78 is 0. The lowest BCUT2D eigenvalue weighted by atomic mass is 9.93. The fourth-order valence-corrected chi connectivity index (χ4v) is 4.26. The first-order valence-electron chi connectivity index (χ1n) is 10.1. The van der Waals surface area contributed by atoms with Gasteiger partial charge in [-0.25, -0.2) is 9.98 Å².